The van der Waals surface area contributed by atoms with Crippen molar-refractivity contribution in [2.75, 3.05) is 11.9 Å². The maximum absolute atomic E-state index is 12.8. The Labute approximate surface area is 179 Å². The Balaban J connectivity index is 1.57. The first-order valence-corrected chi connectivity index (χ1v) is 9.92. The summed E-state index contributed by atoms with van der Waals surface area (Å²) >= 11 is 0. The molecule has 2 amide bonds. The maximum Gasteiger partial charge on any atom is 0.256 e. The van der Waals surface area contributed by atoms with Crippen LogP contribution in [0.1, 0.15) is 44.1 Å². The van der Waals surface area contributed by atoms with Crippen LogP contribution < -0.4 is 10.6 Å². The number of carbonyl (C=O) groups excluding carboxylic acids is 2. The third kappa shape index (κ3) is 3.96. The largest absolute Gasteiger partial charge is 0.358 e. The van der Waals surface area contributed by atoms with Gasteiger partial charge in [-0.15, -0.1) is 0 Å². The lowest BCUT2D eigenvalue weighted by atomic mass is 10.0. The molecule has 0 saturated carbocycles. The van der Waals surface area contributed by atoms with Crippen LogP contribution in [0, 0.1) is 25.2 Å². The number of nitrogens with one attached hydrogen (secondary N) is 3. The Morgan fingerprint density at radius 3 is 2.84 bits per heavy atom. The molecule has 0 radical (unpaired) electrons. The number of nitriles is 1. The number of rotatable bonds is 5. The zero-order valence-corrected chi connectivity index (χ0v) is 17.2. The van der Waals surface area contributed by atoms with Crippen molar-refractivity contribution >= 4 is 29.2 Å². The fraction of sp³-hybridized carbons (Fsp3) is 0.167. The minimum Gasteiger partial charge on any atom is -0.358 e. The second-order valence-corrected chi connectivity index (χ2v) is 7.37. The molecule has 0 spiro atoms. The Hall–Kier alpha value is -4.18. The van der Waals surface area contributed by atoms with Crippen LogP contribution in [-0.2, 0) is 11.2 Å². The minimum absolute atomic E-state index is 0.171. The van der Waals surface area contributed by atoms with Crippen LogP contribution in [-0.4, -0.2) is 28.3 Å². The maximum atomic E-state index is 12.8. The zero-order chi connectivity index (χ0) is 22.0. The van der Waals surface area contributed by atoms with Crippen molar-refractivity contribution in [2.24, 2.45) is 0 Å². The normalized spacial score (nSPS) is 13.6. The number of nitrogens with zero attached hydrogens (tertiary/aromatic N) is 2. The first-order valence-electron chi connectivity index (χ1n) is 9.92. The molecule has 0 atom stereocenters. The minimum atomic E-state index is -0.238. The molecule has 0 aliphatic carbocycles. The lowest BCUT2D eigenvalue weighted by molar-refractivity contribution is -0.110. The monoisotopic (exact) mass is 411 g/mol. The molecular weight excluding hydrogens is 390 g/mol. The van der Waals surface area contributed by atoms with Gasteiger partial charge in [-0.05, 0) is 55.8 Å². The lowest BCUT2D eigenvalue weighted by Crippen LogP contribution is -2.26. The summed E-state index contributed by atoms with van der Waals surface area (Å²) in [6.07, 6.45) is 4.10. The summed E-state index contributed by atoms with van der Waals surface area (Å²) in [6.45, 7) is 4.16. The summed E-state index contributed by atoms with van der Waals surface area (Å²) in [7, 11) is 0. The third-order valence-corrected chi connectivity index (χ3v) is 5.32. The number of pyridine rings is 1. The molecule has 4 rings (SSSR count). The molecule has 0 bridgehead atoms. The predicted octanol–water partition coefficient (Wildman–Crippen LogP) is 3.36. The average molecular weight is 411 g/mol. The number of hydrogen-bond acceptors (Lipinski definition) is 4. The van der Waals surface area contributed by atoms with Crippen LogP contribution in [0.3, 0.4) is 0 Å². The first-order chi connectivity index (χ1) is 15.0. The van der Waals surface area contributed by atoms with E-state index in [1.807, 2.05) is 32.0 Å². The molecule has 1 aliphatic rings. The fourth-order valence-electron chi connectivity index (χ4n) is 3.74. The summed E-state index contributed by atoms with van der Waals surface area (Å²) in [6, 6.07) is 12.9. The van der Waals surface area contributed by atoms with Gasteiger partial charge in [-0.25, -0.2) is 0 Å². The summed E-state index contributed by atoms with van der Waals surface area (Å²) in [5, 5.41) is 14.9. The van der Waals surface area contributed by atoms with Crippen molar-refractivity contribution in [2.45, 2.75) is 20.3 Å². The molecule has 0 fully saturated rings. The fourth-order valence-corrected chi connectivity index (χ4v) is 3.74. The van der Waals surface area contributed by atoms with Crippen molar-refractivity contribution in [3.05, 3.63) is 81.9 Å². The van der Waals surface area contributed by atoms with E-state index < -0.39 is 0 Å². The molecule has 3 N–H and O–H groups in total. The highest BCUT2D eigenvalue weighted by Crippen LogP contribution is 2.34. The van der Waals surface area contributed by atoms with Crippen molar-refractivity contribution in [3.63, 3.8) is 0 Å². The molecule has 0 unspecified atom stereocenters. The molecule has 1 aliphatic heterocycles. The van der Waals surface area contributed by atoms with Crippen LogP contribution in [0.15, 0.2) is 42.6 Å². The number of hydrogen-bond donors (Lipinski definition) is 3. The SMILES string of the molecule is Cc1[nH]c(/C=C2\C(=O)Nc3ccc(C#N)cc32)c(C)c1C(=O)NCCc1ccccn1. The van der Waals surface area contributed by atoms with Crippen molar-refractivity contribution in [1.29, 1.82) is 5.26 Å². The van der Waals surface area contributed by atoms with Crippen LogP contribution in [0.5, 0.6) is 0 Å². The van der Waals surface area contributed by atoms with E-state index in [0.717, 1.165) is 17.0 Å². The number of aryl methyl sites for hydroxylation is 1. The first kappa shape index (κ1) is 20.1. The average Bonchev–Trinajstić information content (AvgIpc) is 3.23. The van der Waals surface area contributed by atoms with E-state index in [1.165, 1.54) is 0 Å². The van der Waals surface area contributed by atoms with Crippen LogP contribution in [0.4, 0.5) is 5.69 Å². The van der Waals surface area contributed by atoms with Crippen LogP contribution in [0.2, 0.25) is 0 Å². The summed E-state index contributed by atoms with van der Waals surface area (Å²) in [5.74, 6) is -0.409. The predicted molar refractivity (Wildman–Crippen MR) is 118 cm³/mol. The van der Waals surface area contributed by atoms with E-state index in [4.69, 9.17) is 5.26 Å². The van der Waals surface area contributed by atoms with E-state index in [9.17, 15) is 9.59 Å². The zero-order valence-electron chi connectivity index (χ0n) is 17.2. The van der Waals surface area contributed by atoms with Gasteiger partial charge in [-0.1, -0.05) is 6.07 Å². The van der Waals surface area contributed by atoms with Gasteiger partial charge in [-0.2, -0.15) is 5.26 Å². The van der Waals surface area contributed by atoms with Gasteiger partial charge in [0.15, 0.2) is 0 Å². The molecule has 1 aromatic carbocycles. The van der Waals surface area contributed by atoms with E-state index >= 15 is 0 Å². The van der Waals surface area contributed by atoms with Gasteiger partial charge in [0, 0.05) is 47.5 Å². The van der Waals surface area contributed by atoms with Crippen molar-refractivity contribution < 1.29 is 9.59 Å². The standard InChI is InChI=1S/C24H21N5O2/c1-14-21(12-19-18-11-16(13-25)6-7-20(18)29-23(19)30)28-15(2)22(14)24(31)27-10-8-17-5-3-4-9-26-17/h3-7,9,11-12,28H,8,10H2,1-2H3,(H,27,31)(H,29,30)/b19-12-. The number of aromatic nitrogens is 2. The molecule has 7 heteroatoms. The summed E-state index contributed by atoms with van der Waals surface area (Å²) < 4.78 is 0. The third-order valence-electron chi connectivity index (χ3n) is 5.32. The highest BCUT2D eigenvalue weighted by Gasteiger charge is 2.26. The van der Waals surface area contributed by atoms with Crippen molar-refractivity contribution in [3.8, 4) is 6.07 Å². The second-order valence-electron chi connectivity index (χ2n) is 7.37. The van der Waals surface area contributed by atoms with Gasteiger partial charge in [0.1, 0.15) is 0 Å². The number of aromatic amines is 1. The highest BCUT2D eigenvalue weighted by atomic mass is 16.2. The summed E-state index contributed by atoms with van der Waals surface area (Å²) in [5.41, 5.74) is 5.94. The number of carbonyl (C=O) groups is 2. The Morgan fingerprint density at radius 1 is 1.26 bits per heavy atom. The van der Waals surface area contributed by atoms with Crippen LogP contribution >= 0.6 is 0 Å². The van der Waals surface area contributed by atoms with E-state index in [0.29, 0.717) is 46.6 Å². The van der Waals surface area contributed by atoms with Crippen LogP contribution in [0.25, 0.3) is 11.6 Å². The van der Waals surface area contributed by atoms with Gasteiger partial charge in [0.25, 0.3) is 11.8 Å². The Kier molecular flexibility index (Phi) is 5.37. The number of amides is 2. The number of anilines is 1. The van der Waals surface area contributed by atoms with Gasteiger partial charge < -0.3 is 15.6 Å². The summed E-state index contributed by atoms with van der Waals surface area (Å²) in [4.78, 5) is 32.7. The number of fused-ring (bicyclic) bond motifs is 1. The molecule has 3 heterocycles. The lowest BCUT2D eigenvalue weighted by Gasteiger charge is -2.06. The number of benzene rings is 1. The molecule has 3 aromatic rings. The van der Waals surface area contributed by atoms with Gasteiger partial charge in [0.2, 0.25) is 0 Å². The van der Waals surface area contributed by atoms with Gasteiger partial charge in [-0.3, -0.25) is 14.6 Å². The molecule has 7 nitrogen and oxygen atoms in total. The van der Waals surface area contributed by atoms with Crippen molar-refractivity contribution in [1.82, 2.24) is 15.3 Å². The second kappa shape index (κ2) is 8.28. The Morgan fingerprint density at radius 2 is 2.10 bits per heavy atom. The molecule has 2 aromatic heterocycles. The topological polar surface area (TPSA) is 111 Å². The molecule has 154 valence electrons. The molecular formula is C24H21N5O2. The smallest absolute Gasteiger partial charge is 0.256 e. The van der Waals surface area contributed by atoms with E-state index in [2.05, 4.69) is 26.7 Å². The quantitative estimate of drug-likeness (QED) is 0.559. The molecule has 0 saturated heterocycles. The van der Waals surface area contributed by atoms with E-state index in [-0.39, 0.29) is 11.8 Å². The molecule has 31 heavy (non-hydrogen) atoms. The van der Waals surface area contributed by atoms with Gasteiger partial charge >= 0.3 is 0 Å². The highest BCUT2D eigenvalue weighted by molar-refractivity contribution is 6.35. The Bertz CT molecular complexity index is 1250. The number of H-pyrrole nitrogens is 1. The van der Waals surface area contributed by atoms with Gasteiger partial charge in [0.05, 0.1) is 22.8 Å². The van der Waals surface area contributed by atoms with E-state index in [1.54, 1.807) is 30.5 Å².